The number of allylic oxidation sites excluding steroid dienone is 2. The topological polar surface area (TPSA) is 103 Å². The maximum atomic E-state index is 15.5. The van der Waals surface area contributed by atoms with Crippen molar-refractivity contribution in [3.63, 3.8) is 0 Å². The average Bonchev–Trinajstić information content (AvgIpc) is 3.42. The van der Waals surface area contributed by atoms with Gasteiger partial charge in [-0.3, -0.25) is 19.7 Å². The molecule has 1 saturated heterocycles. The van der Waals surface area contributed by atoms with E-state index in [1.807, 2.05) is 48.4 Å². The standard InChI is InChI=1S/C23H27FN6O3/c1-16(31)25-12-19-14-30(22(32)33-19)23(15-29(2)13-18-11-26-28-27-18)9-8-20(21(24)10-23)17-6-4-3-5-7-17/h3-9,11,19H,10,12-15H2,1-2H3,(H,25,31)(H,26,27,28)/t19-,23?/m0/s1. The highest BCUT2D eigenvalue weighted by Gasteiger charge is 2.47. The molecule has 4 rings (SSSR count). The summed E-state index contributed by atoms with van der Waals surface area (Å²) < 4.78 is 21.0. The fraction of sp³-hybridized carbons (Fsp3) is 0.391. The molecule has 0 saturated carbocycles. The lowest BCUT2D eigenvalue weighted by Gasteiger charge is -2.42. The maximum Gasteiger partial charge on any atom is 0.411 e. The van der Waals surface area contributed by atoms with E-state index in [1.54, 1.807) is 17.2 Å². The zero-order chi connectivity index (χ0) is 23.4. The molecule has 2 atom stereocenters. The van der Waals surface area contributed by atoms with Crippen molar-refractivity contribution in [3.05, 3.63) is 65.8 Å². The van der Waals surface area contributed by atoms with Crippen molar-refractivity contribution in [1.82, 2.24) is 30.5 Å². The monoisotopic (exact) mass is 454 g/mol. The summed E-state index contributed by atoms with van der Waals surface area (Å²) in [6.07, 6.45) is 4.25. The van der Waals surface area contributed by atoms with E-state index in [0.29, 0.717) is 18.7 Å². The van der Waals surface area contributed by atoms with Crippen LogP contribution in [-0.4, -0.2) is 75.5 Å². The number of hydrogen-bond donors (Lipinski definition) is 2. The Bertz CT molecular complexity index is 1060. The third-order valence-electron chi connectivity index (χ3n) is 5.84. The fourth-order valence-corrected chi connectivity index (χ4v) is 4.36. The number of carbonyl (C=O) groups excluding carboxylic acids is 2. The number of aromatic nitrogens is 3. The maximum absolute atomic E-state index is 15.5. The summed E-state index contributed by atoms with van der Waals surface area (Å²) in [5.74, 6) is -0.496. The lowest BCUT2D eigenvalue weighted by Crippen LogP contribution is -2.55. The number of carbonyl (C=O) groups is 2. The minimum absolute atomic E-state index is 0.0151. The molecular weight excluding hydrogens is 427 g/mol. The van der Waals surface area contributed by atoms with Crippen LogP contribution in [-0.2, 0) is 16.1 Å². The number of ether oxygens (including phenoxy) is 1. The molecule has 0 bridgehead atoms. The molecule has 2 heterocycles. The Kier molecular flexibility index (Phi) is 6.55. The van der Waals surface area contributed by atoms with Crippen molar-refractivity contribution >= 4 is 17.6 Å². The first-order chi connectivity index (χ1) is 15.9. The Morgan fingerprint density at radius 3 is 2.85 bits per heavy atom. The van der Waals surface area contributed by atoms with E-state index >= 15 is 4.39 Å². The predicted octanol–water partition coefficient (Wildman–Crippen LogP) is 2.27. The Hall–Kier alpha value is -3.53. The summed E-state index contributed by atoms with van der Waals surface area (Å²) >= 11 is 0. The van der Waals surface area contributed by atoms with E-state index in [-0.39, 0.29) is 31.2 Å². The van der Waals surface area contributed by atoms with Crippen molar-refractivity contribution in [1.29, 1.82) is 0 Å². The molecule has 10 heteroatoms. The van der Waals surface area contributed by atoms with Crippen LogP contribution in [0.5, 0.6) is 0 Å². The number of likely N-dealkylation sites (N-methyl/N-ethyl adjacent to an activating group) is 1. The molecule has 2 N–H and O–H groups in total. The molecule has 2 amide bonds. The van der Waals surface area contributed by atoms with Gasteiger partial charge in [0.15, 0.2) is 0 Å². The number of hydrogen-bond acceptors (Lipinski definition) is 6. The molecular formula is C23H27FN6O3. The molecule has 0 radical (unpaired) electrons. The van der Waals surface area contributed by atoms with Crippen LogP contribution in [0.25, 0.3) is 5.57 Å². The number of halogens is 1. The smallest absolute Gasteiger partial charge is 0.411 e. The molecule has 0 spiro atoms. The van der Waals surface area contributed by atoms with Gasteiger partial charge in [0.05, 0.1) is 30.5 Å². The summed E-state index contributed by atoms with van der Waals surface area (Å²) in [6, 6.07) is 9.33. The van der Waals surface area contributed by atoms with Crippen molar-refractivity contribution in [2.24, 2.45) is 0 Å². The van der Waals surface area contributed by atoms with Crippen LogP contribution in [0.1, 0.15) is 24.6 Å². The van der Waals surface area contributed by atoms with Gasteiger partial charge in [0, 0.05) is 32.0 Å². The predicted molar refractivity (Wildman–Crippen MR) is 119 cm³/mol. The van der Waals surface area contributed by atoms with Crippen LogP contribution in [0.15, 0.2) is 54.5 Å². The highest BCUT2D eigenvalue weighted by Crippen LogP contribution is 2.39. The third-order valence-corrected chi connectivity index (χ3v) is 5.84. The second kappa shape index (κ2) is 9.53. The lowest BCUT2D eigenvalue weighted by atomic mass is 9.83. The third kappa shape index (κ3) is 5.11. The number of benzene rings is 1. The van der Waals surface area contributed by atoms with E-state index in [4.69, 9.17) is 4.74 Å². The van der Waals surface area contributed by atoms with Gasteiger partial charge in [-0.25, -0.2) is 9.18 Å². The van der Waals surface area contributed by atoms with Crippen LogP contribution in [0, 0.1) is 0 Å². The highest BCUT2D eigenvalue weighted by atomic mass is 19.1. The van der Waals surface area contributed by atoms with Crippen molar-refractivity contribution in [2.45, 2.75) is 31.5 Å². The Balaban J connectivity index is 1.59. The molecule has 2 aliphatic rings. The number of aromatic amines is 1. The summed E-state index contributed by atoms with van der Waals surface area (Å²) in [6.45, 7) is 2.72. The van der Waals surface area contributed by atoms with Gasteiger partial charge in [-0.1, -0.05) is 47.7 Å². The van der Waals surface area contributed by atoms with Gasteiger partial charge >= 0.3 is 6.09 Å². The summed E-state index contributed by atoms with van der Waals surface area (Å²) in [5, 5.41) is 13.0. The van der Waals surface area contributed by atoms with E-state index in [9.17, 15) is 9.59 Å². The van der Waals surface area contributed by atoms with Gasteiger partial charge in [0.1, 0.15) is 11.9 Å². The minimum Gasteiger partial charge on any atom is -0.442 e. The van der Waals surface area contributed by atoms with Crippen molar-refractivity contribution in [3.8, 4) is 0 Å². The Labute approximate surface area is 191 Å². The largest absolute Gasteiger partial charge is 0.442 e. The zero-order valence-corrected chi connectivity index (χ0v) is 18.6. The summed E-state index contributed by atoms with van der Waals surface area (Å²) in [7, 11) is 1.89. The molecule has 33 heavy (non-hydrogen) atoms. The number of H-pyrrole nitrogens is 1. The fourth-order valence-electron chi connectivity index (χ4n) is 4.36. The van der Waals surface area contributed by atoms with Crippen LogP contribution in [0.3, 0.4) is 0 Å². The van der Waals surface area contributed by atoms with E-state index in [0.717, 1.165) is 11.3 Å². The number of cyclic esters (lactones) is 1. The number of rotatable bonds is 8. The van der Waals surface area contributed by atoms with Crippen LogP contribution in [0.2, 0.25) is 0 Å². The van der Waals surface area contributed by atoms with Gasteiger partial charge in [0.2, 0.25) is 5.91 Å². The number of nitrogens with zero attached hydrogens (tertiary/aromatic N) is 4. The average molecular weight is 455 g/mol. The van der Waals surface area contributed by atoms with E-state index in [1.165, 1.54) is 6.92 Å². The van der Waals surface area contributed by atoms with Crippen LogP contribution < -0.4 is 5.32 Å². The van der Waals surface area contributed by atoms with Gasteiger partial charge in [-0.2, -0.15) is 0 Å². The Morgan fingerprint density at radius 2 is 2.18 bits per heavy atom. The van der Waals surface area contributed by atoms with Crippen LogP contribution in [0.4, 0.5) is 9.18 Å². The molecule has 2 aromatic rings. The molecule has 1 unspecified atom stereocenters. The van der Waals surface area contributed by atoms with Gasteiger partial charge in [0.25, 0.3) is 0 Å². The first-order valence-corrected chi connectivity index (χ1v) is 10.8. The first-order valence-electron chi connectivity index (χ1n) is 10.8. The van der Waals surface area contributed by atoms with Gasteiger partial charge in [-0.05, 0) is 12.6 Å². The second-order valence-electron chi connectivity index (χ2n) is 8.51. The SMILES string of the molecule is CC(=O)NC[C@H]1CN(C2(CN(C)Cc3cnn[nH]3)C=CC(c3ccccc3)=C(F)C2)C(=O)O1. The van der Waals surface area contributed by atoms with Crippen LogP contribution >= 0.6 is 0 Å². The molecule has 9 nitrogen and oxygen atoms in total. The highest BCUT2D eigenvalue weighted by molar-refractivity contribution is 5.79. The molecule has 1 fully saturated rings. The summed E-state index contributed by atoms with van der Waals surface area (Å²) in [5.41, 5.74) is 1.14. The molecule has 1 aromatic carbocycles. The first kappa shape index (κ1) is 22.7. The second-order valence-corrected chi connectivity index (χ2v) is 8.51. The van der Waals surface area contributed by atoms with Crippen molar-refractivity contribution < 1.29 is 18.7 Å². The van der Waals surface area contributed by atoms with E-state index < -0.39 is 17.7 Å². The lowest BCUT2D eigenvalue weighted by molar-refractivity contribution is -0.119. The molecule has 174 valence electrons. The number of amides is 2. The summed E-state index contributed by atoms with van der Waals surface area (Å²) in [4.78, 5) is 27.7. The number of nitrogens with one attached hydrogen (secondary N) is 2. The molecule has 1 aliphatic carbocycles. The Morgan fingerprint density at radius 1 is 1.39 bits per heavy atom. The zero-order valence-electron chi connectivity index (χ0n) is 18.6. The minimum atomic E-state index is -0.952. The van der Waals surface area contributed by atoms with E-state index in [2.05, 4.69) is 20.7 Å². The van der Waals surface area contributed by atoms with Gasteiger partial charge in [-0.15, -0.1) is 5.10 Å². The molecule has 1 aliphatic heterocycles. The van der Waals surface area contributed by atoms with Gasteiger partial charge < -0.3 is 10.1 Å². The quantitative estimate of drug-likeness (QED) is 0.634. The van der Waals surface area contributed by atoms with Crippen molar-refractivity contribution in [2.75, 3.05) is 26.7 Å². The normalized spacial score (nSPS) is 22.7. The molecule has 1 aromatic heterocycles.